The fraction of sp³-hybridized carbons (Fsp3) is 0.256. The van der Waals surface area contributed by atoms with E-state index in [0.717, 1.165) is 45.5 Å². The number of ketones is 1. The summed E-state index contributed by atoms with van der Waals surface area (Å²) in [5, 5.41) is 1.02. The summed E-state index contributed by atoms with van der Waals surface area (Å²) in [6.45, 7) is 3.22. The molecule has 0 aliphatic carbocycles. The lowest BCUT2D eigenvalue weighted by Crippen LogP contribution is -2.48. The first-order valence-electron chi connectivity index (χ1n) is 16.3. The zero-order valence-electron chi connectivity index (χ0n) is 27.4. The van der Waals surface area contributed by atoms with E-state index in [9.17, 15) is 22.8 Å². The number of carbonyl (C=O) groups is 2. The topological polar surface area (TPSA) is 72.5 Å². The number of benzene rings is 3. The summed E-state index contributed by atoms with van der Waals surface area (Å²) in [5.74, 6) is -0.163. The molecule has 1 unspecified atom stereocenters. The molecule has 0 saturated carbocycles. The van der Waals surface area contributed by atoms with Crippen molar-refractivity contribution in [2.75, 3.05) is 25.0 Å². The van der Waals surface area contributed by atoms with E-state index in [1.54, 1.807) is 25.4 Å². The van der Waals surface area contributed by atoms with Gasteiger partial charge in [-0.15, -0.1) is 0 Å². The summed E-state index contributed by atoms with van der Waals surface area (Å²) in [6.07, 6.45) is 5.29. The Bertz CT molecular complexity index is 1910. The number of nitrogens with zero attached hydrogens (tertiary/aromatic N) is 4. The quantitative estimate of drug-likeness (QED) is 0.152. The Morgan fingerprint density at radius 3 is 2.24 bits per heavy atom. The maximum absolute atomic E-state index is 13.8. The minimum atomic E-state index is -4.43. The molecule has 1 aliphatic heterocycles. The number of hydrogen-bond acceptors (Lipinski definition) is 5. The van der Waals surface area contributed by atoms with Crippen LogP contribution in [0.2, 0.25) is 0 Å². The fourth-order valence-electron chi connectivity index (χ4n) is 6.62. The minimum absolute atomic E-state index is 0.0624. The SMILES string of the molecule is CC(=O)C(c1c[nH]c2ccccc12)N1CCC(N(Cc2ccc(N(C)c3ccncc3)cc2)C(=O)C=Cc2ccc(C(F)(F)F)cc2)CC1. The number of pyridine rings is 1. The molecule has 49 heavy (non-hydrogen) atoms. The van der Waals surface area contributed by atoms with E-state index in [1.165, 1.54) is 18.2 Å². The normalized spacial score (nSPS) is 15.0. The number of aromatic nitrogens is 2. The third-order valence-corrected chi connectivity index (χ3v) is 9.27. The first-order chi connectivity index (χ1) is 23.6. The average molecular weight is 666 g/mol. The molecular formula is C39H38F3N5O2. The van der Waals surface area contributed by atoms with Crippen LogP contribution in [-0.4, -0.2) is 57.6 Å². The number of alkyl halides is 3. The van der Waals surface area contributed by atoms with Gasteiger partial charge >= 0.3 is 6.18 Å². The molecule has 5 aromatic rings. The number of nitrogens with one attached hydrogen (secondary N) is 1. The van der Waals surface area contributed by atoms with E-state index in [1.807, 2.05) is 78.8 Å². The predicted octanol–water partition coefficient (Wildman–Crippen LogP) is 8.19. The molecule has 2 aromatic heterocycles. The molecule has 6 rings (SSSR count). The number of amides is 1. The number of halogens is 3. The molecule has 1 atom stereocenters. The van der Waals surface area contributed by atoms with Crippen molar-refractivity contribution >= 4 is 40.0 Å². The molecule has 1 N–H and O–H groups in total. The number of aromatic amines is 1. The number of hydrogen-bond donors (Lipinski definition) is 1. The number of piperidine rings is 1. The van der Waals surface area contributed by atoms with Crippen molar-refractivity contribution in [1.82, 2.24) is 19.8 Å². The van der Waals surface area contributed by atoms with Crippen LogP contribution in [0.25, 0.3) is 17.0 Å². The number of fused-ring (bicyclic) bond motifs is 1. The Hall–Kier alpha value is -5.22. The fourth-order valence-corrected chi connectivity index (χ4v) is 6.62. The molecule has 0 radical (unpaired) electrons. The first-order valence-corrected chi connectivity index (χ1v) is 16.3. The summed E-state index contributed by atoms with van der Waals surface area (Å²) in [6, 6.07) is 24.1. The number of para-hydroxylation sites is 1. The molecule has 1 saturated heterocycles. The van der Waals surface area contributed by atoms with Crippen LogP contribution in [0.3, 0.4) is 0 Å². The zero-order valence-corrected chi connectivity index (χ0v) is 27.4. The minimum Gasteiger partial charge on any atom is -0.361 e. The van der Waals surface area contributed by atoms with E-state index in [0.29, 0.717) is 38.0 Å². The lowest BCUT2D eigenvalue weighted by atomic mass is 9.95. The second-order valence-corrected chi connectivity index (χ2v) is 12.4. The molecule has 3 heterocycles. The van der Waals surface area contributed by atoms with Gasteiger partial charge in [-0.1, -0.05) is 42.5 Å². The van der Waals surface area contributed by atoms with Gasteiger partial charge in [-0.3, -0.25) is 19.5 Å². The average Bonchev–Trinajstić information content (AvgIpc) is 3.53. The van der Waals surface area contributed by atoms with Crippen LogP contribution in [0.1, 0.15) is 48.1 Å². The van der Waals surface area contributed by atoms with Gasteiger partial charge in [0.2, 0.25) is 5.91 Å². The van der Waals surface area contributed by atoms with E-state index >= 15 is 0 Å². The second kappa shape index (κ2) is 14.5. The maximum atomic E-state index is 13.8. The molecule has 1 amide bonds. The lowest BCUT2D eigenvalue weighted by Gasteiger charge is -2.40. The van der Waals surface area contributed by atoms with Gasteiger partial charge < -0.3 is 14.8 Å². The Balaban J connectivity index is 1.21. The van der Waals surface area contributed by atoms with Gasteiger partial charge in [0.1, 0.15) is 0 Å². The van der Waals surface area contributed by atoms with Crippen molar-refractivity contribution in [3.8, 4) is 0 Å². The molecular weight excluding hydrogens is 627 g/mol. The van der Waals surface area contributed by atoms with Gasteiger partial charge in [0.05, 0.1) is 11.6 Å². The van der Waals surface area contributed by atoms with E-state index < -0.39 is 17.8 Å². The summed E-state index contributed by atoms with van der Waals surface area (Å²) in [4.78, 5) is 40.3. The highest BCUT2D eigenvalue weighted by atomic mass is 19.4. The molecule has 7 nitrogen and oxygen atoms in total. The van der Waals surface area contributed by atoms with Gasteiger partial charge in [0, 0.05) is 85.2 Å². The Morgan fingerprint density at radius 2 is 1.59 bits per heavy atom. The standard InChI is InChI=1S/C39H38F3N5O2/c1-27(48)38(35-25-44-36-6-4-3-5-34(35)36)46-23-19-33(20-24-46)47(37(49)16-11-28-7-12-30(13-8-28)39(40,41)42)26-29-9-14-31(15-10-29)45(2)32-17-21-43-22-18-32/h3-18,21-22,25,33,38,44H,19-20,23-24,26H2,1-2H3. The van der Waals surface area contributed by atoms with Crippen molar-refractivity contribution in [1.29, 1.82) is 0 Å². The van der Waals surface area contributed by atoms with Gasteiger partial charge in [-0.05, 0) is 79.4 Å². The van der Waals surface area contributed by atoms with E-state index in [4.69, 9.17) is 0 Å². The van der Waals surface area contributed by atoms with Crippen LogP contribution < -0.4 is 4.90 Å². The largest absolute Gasteiger partial charge is 0.416 e. The van der Waals surface area contributed by atoms with Crippen molar-refractivity contribution < 1.29 is 22.8 Å². The summed E-state index contributed by atoms with van der Waals surface area (Å²) in [5.41, 5.74) is 4.62. The molecule has 0 spiro atoms. The number of anilines is 2. The van der Waals surface area contributed by atoms with E-state index in [2.05, 4.69) is 19.8 Å². The van der Waals surface area contributed by atoms with Gasteiger partial charge in [0.15, 0.2) is 5.78 Å². The highest BCUT2D eigenvalue weighted by molar-refractivity contribution is 5.92. The maximum Gasteiger partial charge on any atom is 0.416 e. The van der Waals surface area contributed by atoms with E-state index in [-0.39, 0.29) is 17.7 Å². The second-order valence-electron chi connectivity index (χ2n) is 12.4. The first kappa shape index (κ1) is 33.7. The zero-order chi connectivity index (χ0) is 34.5. The van der Waals surface area contributed by atoms with Crippen LogP contribution in [0.5, 0.6) is 0 Å². The van der Waals surface area contributed by atoms with Gasteiger partial charge in [-0.2, -0.15) is 13.2 Å². The summed E-state index contributed by atoms with van der Waals surface area (Å²) in [7, 11) is 1.98. The molecule has 1 aliphatic rings. The Morgan fingerprint density at radius 1 is 0.939 bits per heavy atom. The number of Topliss-reactive ketones (excluding diaryl/α,β-unsaturated/α-hetero) is 1. The molecule has 10 heteroatoms. The number of H-pyrrole nitrogens is 1. The number of rotatable bonds is 10. The van der Waals surface area contributed by atoms with Crippen LogP contribution in [0.15, 0.2) is 110 Å². The number of carbonyl (C=O) groups excluding carboxylic acids is 2. The van der Waals surface area contributed by atoms with Crippen molar-refractivity contribution in [3.05, 3.63) is 132 Å². The summed E-state index contributed by atoms with van der Waals surface area (Å²) >= 11 is 0. The Kier molecular flexibility index (Phi) is 9.96. The van der Waals surface area contributed by atoms with Crippen LogP contribution >= 0.6 is 0 Å². The predicted molar refractivity (Wildman–Crippen MR) is 186 cm³/mol. The van der Waals surface area contributed by atoms with Crippen molar-refractivity contribution in [2.45, 2.75) is 44.6 Å². The highest BCUT2D eigenvalue weighted by Crippen LogP contribution is 2.33. The molecule has 1 fully saturated rings. The number of likely N-dealkylation sites (tertiary alicyclic amines) is 1. The highest BCUT2D eigenvalue weighted by Gasteiger charge is 2.34. The van der Waals surface area contributed by atoms with Gasteiger partial charge in [0.25, 0.3) is 0 Å². The van der Waals surface area contributed by atoms with Crippen LogP contribution in [0, 0.1) is 0 Å². The Labute approximate surface area is 283 Å². The smallest absolute Gasteiger partial charge is 0.361 e. The van der Waals surface area contributed by atoms with Gasteiger partial charge in [-0.25, -0.2) is 0 Å². The van der Waals surface area contributed by atoms with Crippen molar-refractivity contribution in [3.63, 3.8) is 0 Å². The molecule has 3 aromatic carbocycles. The third-order valence-electron chi connectivity index (χ3n) is 9.27. The van der Waals surface area contributed by atoms with Crippen LogP contribution in [-0.2, 0) is 22.3 Å². The molecule has 252 valence electrons. The summed E-state index contributed by atoms with van der Waals surface area (Å²) < 4.78 is 39.2. The van der Waals surface area contributed by atoms with Crippen molar-refractivity contribution in [2.24, 2.45) is 0 Å². The third kappa shape index (κ3) is 7.76. The lowest BCUT2D eigenvalue weighted by molar-refractivity contribution is -0.137. The van der Waals surface area contributed by atoms with Crippen LogP contribution in [0.4, 0.5) is 24.5 Å². The monoisotopic (exact) mass is 665 g/mol. The molecule has 0 bridgehead atoms.